The number of carbonyl (C=O) groups excluding carboxylic acids is 2. The average molecular weight is 374 g/mol. The largest absolute Gasteiger partial charge is 0.392 e. The highest BCUT2D eigenvalue weighted by Crippen LogP contribution is 2.27. The van der Waals surface area contributed by atoms with E-state index in [1.54, 1.807) is 6.92 Å². The van der Waals surface area contributed by atoms with Crippen molar-refractivity contribution >= 4 is 18.0 Å². The third kappa shape index (κ3) is 6.27. The van der Waals surface area contributed by atoms with E-state index in [0.29, 0.717) is 13.0 Å². The van der Waals surface area contributed by atoms with Crippen LogP contribution in [-0.2, 0) is 14.3 Å². The van der Waals surface area contributed by atoms with Crippen molar-refractivity contribution in [2.45, 2.75) is 63.5 Å². The number of aliphatic hydroxyl groups is 1. The van der Waals surface area contributed by atoms with Crippen LogP contribution in [0, 0.1) is 0 Å². The van der Waals surface area contributed by atoms with Gasteiger partial charge in [0.15, 0.2) is 0 Å². The first kappa shape index (κ1) is 21.3. The first-order valence-electron chi connectivity index (χ1n) is 9.62. The number of aliphatic hydroxyl groups excluding tert-OH is 1. The fourth-order valence-corrected chi connectivity index (χ4v) is 3.14. The van der Waals surface area contributed by atoms with Crippen LogP contribution >= 0.6 is 0 Å². The molecule has 1 fully saturated rings. The quantitative estimate of drug-likeness (QED) is 0.365. The summed E-state index contributed by atoms with van der Waals surface area (Å²) in [7, 11) is 0. The molecule has 0 saturated heterocycles. The van der Waals surface area contributed by atoms with Crippen molar-refractivity contribution in [1.82, 2.24) is 0 Å². The molecular weight excluding hydrogens is 344 g/mol. The molecule has 6 nitrogen and oxygen atoms in total. The summed E-state index contributed by atoms with van der Waals surface area (Å²) in [5, 5.41) is 9.88. The van der Waals surface area contributed by atoms with Gasteiger partial charge in [-0.25, -0.2) is 4.79 Å². The minimum Gasteiger partial charge on any atom is -0.392 e. The van der Waals surface area contributed by atoms with Gasteiger partial charge >= 0.3 is 11.9 Å². The summed E-state index contributed by atoms with van der Waals surface area (Å²) in [5.41, 5.74) is 14.0. The lowest BCUT2D eigenvalue weighted by atomic mass is 9.99. The van der Waals surface area contributed by atoms with Crippen molar-refractivity contribution in [3.63, 3.8) is 0 Å². The molecule has 0 radical (unpaired) electrons. The van der Waals surface area contributed by atoms with Crippen molar-refractivity contribution in [1.29, 1.82) is 0 Å². The van der Waals surface area contributed by atoms with Crippen LogP contribution in [0.25, 0.3) is 6.08 Å². The molecule has 0 heterocycles. The predicted octanol–water partition coefficient (Wildman–Crippen LogP) is 2.24. The summed E-state index contributed by atoms with van der Waals surface area (Å²) in [6, 6.07) is 6.67. The van der Waals surface area contributed by atoms with Crippen molar-refractivity contribution in [2.75, 3.05) is 6.54 Å². The Bertz CT molecular complexity index is 669. The molecule has 1 aliphatic carbocycles. The van der Waals surface area contributed by atoms with E-state index in [-0.39, 0.29) is 6.10 Å². The zero-order valence-corrected chi connectivity index (χ0v) is 15.9. The molecule has 1 aliphatic rings. The molecule has 0 spiro atoms. The standard InChI is InChI=1S/C21H30N2O4/c1-14(20(25)27-21(26)18(23)6-2-3-12-22)16-10-8-15(9-11-16)13-17-5-4-7-19(17)24/h8-11,13-14,18-19,24H,2-7,12,22-23H2,1H3/t14?,18-,19?/m0/s1. The molecule has 2 rings (SSSR count). The molecule has 5 N–H and O–H groups in total. The molecule has 0 bridgehead atoms. The maximum atomic E-state index is 12.2. The van der Waals surface area contributed by atoms with Crippen LogP contribution < -0.4 is 11.5 Å². The van der Waals surface area contributed by atoms with E-state index < -0.39 is 23.9 Å². The third-order valence-corrected chi connectivity index (χ3v) is 4.99. The molecular formula is C21H30N2O4. The fourth-order valence-electron chi connectivity index (χ4n) is 3.14. The van der Waals surface area contributed by atoms with Gasteiger partial charge in [-0.15, -0.1) is 0 Å². The Morgan fingerprint density at radius 1 is 1.26 bits per heavy atom. The topological polar surface area (TPSA) is 116 Å². The SMILES string of the molecule is CC(C(=O)OC(=O)[C@@H](N)CCCCN)c1ccc(C=C2CCCC2O)cc1. The van der Waals surface area contributed by atoms with Gasteiger partial charge in [-0.1, -0.05) is 36.8 Å². The van der Waals surface area contributed by atoms with Crippen LogP contribution in [0.1, 0.15) is 62.5 Å². The van der Waals surface area contributed by atoms with Gasteiger partial charge in [0.25, 0.3) is 0 Å². The van der Waals surface area contributed by atoms with Crippen LogP contribution in [0.3, 0.4) is 0 Å². The highest BCUT2D eigenvalue weighted by Gasteiger charge is 2.23. The minimum atomic E-state index is -0.806. The summed E-state index contributed by atoms with van der Waals surface area (Å²) in [4.78, 5) is 24.2. The Morgan fingerprint density at radius 3 is 2.56 bits per heavy atom. The Kier molecular flexibility index (Phi) is 8.16. The smallest absolute Gasteiger partial charge is 0.330 e. The van der Waals surface area contributed by atoms with E-state index in [9.17, 15) is 14.7 Å². The fraction of sp³-hybridized carbons (Fsp3) is 0.524. The lowest BCUT2D eigenvalue weighted by Crippen LogP contribution is -2.34. The van der Waals surface area contributed by atoms with Gasteiger partial charge in [0.2, 0.25) is 0 Å². The second-order valence-corrected chi connectivity index (χ2v) is 7.15. The number of ether oxygens (including phenoxy) is 1. The number of esters is 2. The molecule has 0 aliphatic heterocycles. The van der Waals surface area contributed by atoms with Gasteiger partial charge in [-0.2, -0.15) is 0 Å². The number of rotatable bonds is 8. The molecule has 1 saturated carbocycles. The first-order chi connectivity index (χ1) is 12.9. The van der Waals surface area contributed by atoms with Crippen LogP contribution in [0.4, 0.5) is 0 Å². The summed E-state index contributed by atoms with van der Waals surface area (Å²) >= 11 is 0. The maximum Gasteiger partial charge on any atom is 0.330 e. The molecule has 148 valence electrons. The number of hydrogen-bond acceptors (Lipinski definition) is 6. The normalized spacial score (nSPS) is 20.4. The van der Waals surface area contributed by atoms with Crippen molar-refractivity contribution in [3.8, 4) is 0 Å². The predicted molar refractivity (Wildman–Crippen MR) is 105 cm³/mol. The zero-order chi connectivity index (χ0) is 19.8. The number of hydrogen-bond donors (Lipinski definition) is 3. The first-order valence-corrected chi connectivity index (χ1v) is 9.62. The number of nitrogens with two attached hydrogens (primary N) is 2. The highest BCUT2D eigenvalue weighted by atomic mass is 16.6. The van der Waals surface area contributed by atoms with Gasteiger partial charge in [-0.3, -0.25) is 4.79 Å². The van der Waals surface area contributed by atoms with Crippen LogP contribution in [-0.4, -0.2) is 35.7 Å². The molecule has 0 amide bonds. The van der Waals surface area contributed by atoms with Crippen molar-refractivity contribution in [3.05, 3.63) is 41.0 Å². The van der Waals surface area contributed by atoms with E-state index in [1.807, 2.05) is 30.3 Å². The Labute approximate surface area is 160 Å². The zero-order valence-electron chi connectivity index (χ0n) is 15.9. The minimum absolute atomic E-state index is 0.348. The highest BCUT2D eigenvalue weighted by molar-refractivity contribution is 5.91. The van der Waals surface area contributed by atoms with Gasteiger partial charge < -0.3 is 21.3 Å². The summed E-state index contributed by atoms with van der Waals surface area (Å²) in [6.07, 6.45) is 6.35. The van der Waals surface area contributed by atoms with Gasteiger partial charge in [0.05, 0.1) is 12.0 Å². The molecule has 6 heteroatoms. The van der Waals surface area contributed by atoms with Gasteiger partial charge in [0, 0.05) is 0 Å². The number of carbonyl (C=O) groups is 2. The molecule has 1 aromatic carbocycles. The van der Waals surface area contributed by atoms with Crippen molar-refractivity contribution < 1.29 is 19.4 Å². The van der Waals surface area contributed by atoms with Crippen LogP contribution in [0.2, 0.25) is 0 Å². The monoisotopic (exact) mass is 374 g/mol. The van der Waals surface area contributed by atoms with Gasteiger partial charge in [0.1, 0.15) is 6.04 Å². The number of benzene rings is 1. The summed E-state index contributed by atoms with van der Waals surface area (Å²) in [6.45, 7) is 2.24. The van der Waals surface area contributed by atoms with E-state index in [1.165, 1.54) is 0 Å². The molecule has 1 aromatic rings. The van der Waals surface area contributed by atoms with E-state index in [2.05, 4.69) is 0 Å². The third-order valence-electron chi connectivity index (χ3n) is 4.99. The maximum absolute atomic E-state index is 12.2. The van der Waals surface area contributed by atoms with Crippen molar-refractivity contribution in [2.24, 2.45) is 11.5 Å². The average Bonchev–Trinajstić information content (AvgIpc) is 3.06. The van der Waals surface area contributed by atoms with E-state index in [0.717, 1.165) is 48.8 Å². The van der Waals surface area contributed by atoms with Crippen LogP contribution in [0.5, 0.6) is 0 Å². The second-order valence-electron chi connectivity index (χ2n) is 7.15. The molecule has 2 unspecified atom stereocenters. The van der Waals surface area contributed by atoms with E-state index in [4.69, 9.17) is 16.2 Å². The number of unbranched alkanes of at least 4 members (excludes halogenated alkanes) is 1. The Balaban J connectivity index is 1.91. The lowest BCUT2D eigenvalue weighted by molar-refractivity contribution is -0.161. The molecule has 0 aromatic heterocycles. The van der Waals surface area contributed by atoms with Crippen LogP contribution in [0.15, 0.2) is 29.8 Å². The second kappa shape index (κ2) is 10.3. The lowest BCUT2D eigenvalue weighted by Gasteiger charge is -2.14. The van der Waals surface area contributed by atoms with E-state index >= 15 is 0 Å². The Morgan fingerprint density at radius 2 is 1.96 bits per heavy atom. The molecule has 3 atom stereocenters. The summed E-state index contributed by atoms with van der Waals surface area (Å²) < 4.78 is 4.93. The van der Waals surface area contributed by atoms with Gasteiger partial charge in [-0.05, 0) is 62.3 Å². The summed E-state index contributed by atoms with van der Waals surface area (Å²) in [5.74, 6) is -1.86. The Hall–Kier alpha value is -2.02. The molecule has 27 heavy (non-hydrogen) atoms.